The van der Waals surface area contributed by atoms with Crippen molar-refractivity contribution in [3.63, 3.8) is 0 Å². The summed E-state index contributed by atoms with van der Waals surface area (Å²) in [5, 5.41) is 10.7. The maximum absolute atomic E-state index is 13.1. The minimum absolute atomic E-state index is 0.106. The van der Waals surface area contributed by atoms with Crippen molar-refractivity contribution >= 4 is 39.5 Å². The first kappa shape index (κ1) is 101. The van der Waals surface area contributed by atoms with Crippen molar-refractivity contribution in [3.8, 4) is 0 Å². The van der Waals surface area contributed by atoms with Gasteiger partial charge in [0.05, 0.1) is 26.4 Å². The van der Waals surface area contributed by atoms with Crippen molar-refractivity contribution in [3.05, 3.63) is 0 Å². The number of esters is 4. The second-order valence-electron chi connectivity index (χ2n) is 31.2. The molecule has 0 aromatic heterocycles. The average Bonchev–Trinajstić information content (AvgIpc) is 0.928. The van der Waals surface area contributed by atoms with E-state index < -0.39 is 97.5 Å². The summed E-state index contributed by atoms with van der Waals surface area (Å²) in [6.07, 6.45) is 66.7. The molecule has 0 aliphatic rings. The molecule has 0 rings (SSSR count). The Morgan fingerprint density at radius 1 is 0.262 bits per heavy atom. The molecular formula is C84H164O17P2. The SMILES string of the molecule is CCCCCCCCCCCCCCCCCCCCCC(=O)OC[C@H](COP(=O)(O)OC[C@@H](O)COP(=O)(O)OC[C@@H](COC(=O)CCCCCCCCCCCC)OC(=O)CCCCCCCCCCCCC(C)C)OC(=O)CCCCCCCCCCCCCCCCCCCCC(C)C. The molecule has 0 aromatic rings. The van der Waals surface area contributed by atoms with Crippen LogP contribution in [0.15, 0.2) is 0 Å². The Labute approximate surface area is 632 Å². The molecular weight excluding hydrogens is 1340 g/mol. The highest BCUT2D eigenvalue weighted by atomic mass is 31.2. The zero-order valence-electron chi connectivity index (χ0n) is 67.6. The number of aliphatic hydroxyl groups excluding tert-OH is 1. The molecule has 5 atom stereocenters. The first-order valence-corrected chi connectivity index (χ1v) is 46.5. The number of hydrogen-bond donors (Lipinski definition) is 3. The quantitative estimate of drug-likeness (QED) is 0.0222. The summed E-state index contributed by atoms with van der Waals surface area (Å²) in [7, 11) is -9.92. The van der Waals surface area contributed by atoms with Gasteiger partial charge in [0.1, 0.15) is 19.3 Å². The molecule has 0 heterocycles. The summed E-state index contributed by atoms with van der Waals surface area (Å²) in [6, 6.07) is 0. The van der Waals surface area contributed by atoms with Gasteiger partial charge in [0.15, 0.2) is 12.2 Å². The Morgan fingerprint density at radius 2 is 0.447 bits per heavy atom. The van der Waals surface area contributed by atoms with Crippen LogP contribution in [0, 0.1) is 11.8 Å². The molecule has 2 unspecified atom stereocenters. The molecule has 17 nitrogen and oxygen atoms in total. The molecule has 0 spiro atoms. The lowest BCUT2D eigenvalue weighted by Gasteiger charge is -2.21. The van der Waals surface area contributed by atoms with Crippen molar-refractivity contribution in [1.29, 1.82) is 0 Å². The number of ether oxygens (including phenoxy) is 4. The van der Waals surface area contributed by atoms with E-state index in [0.29, 0.717) is 25.7 Å². The topological polar surface area (TPSA) is 237 Å². The van der Waals surface area contributed by atoms with E-state index in [-0.39, 0.29) is 25.7 Å². The van der Waals surface area contributed by atoms with Gasteiger partial charge in [-0.3, -0.25) is 37.3 Å². The average molecular weight is 1510 g/mol. The number of rotatable bonds is 83. The number of aliphatic hydroxyl groups is 1. The predicted octanol–water partition coefficient (Wildman–Crippen LogP) is 25.5. The van der Waals surface area contributed by atoms with Crippen LogP contribution in [-0.4, -0.2) is 96.7 Å². The van der Waals surface area contributed by atoms with E-state index in [4.69, 9.17) is 37.0 Å². The number of phosphoric acid groups is 2. The fourth-order valence-corrected chi connectivity index (χ4v) is 14.6. The first-order chi connectivity index (χ1) is 49.9. The van der Waals surface area contributed by atoms with E-state index in [1.165, 1.54) is 263 Å². The van der Waals surface area contributed by atoms with Gasteiger partial charge in [-0.1, -0.05) is 395 Å². The number of carbonyl (C=O) groups is 4. The van der Waals surface area contributed by atoms with Gasteiger partial charge >= 0.3 is 39.5 Å². The highest BCUT2D eigenvalue weighted by Gasteiger charge is 2.30. The summed E-state index contributed by atoms with van der Waals surface area (Å²) < 4.78 is 68.8. The normalized spacial score (nSPS) is 13.9. The van der Waals surface area contributed by atoms with Crippen LogP contribution in [0.25, 0.3) is 0 Å². The lowest BCUT2D eigenvalue weighted by atomic mass is 10.0. The van der Waals surface area contributed by atoms with Crippen LogP contribution in [0.4, 0.5) is 0 Å². The van der Waals surface area contributed by atoms with Crippen molar-refractivity contribution in [2.24, 2.45) is 11.8 Å². The Balaban J connectivity index is 5.21. The number of hydrogen-bond acceptors (Lipinski definition) is 15. The number of carbonyl (C=O) groups excluding carboxylic acids is 4. The lowest BCUT2D eigenvalue weighted by molar-refractivity contribution is -0.161. The highest BCUT2D eigenvalue weighted by Crippen LogP contribution is 2.45. The van der Waals surface area contributed by atoms with E-state index in [2.05, 4.69) is 41.5 Å². The van der Waals surface area contributed by atoms with Gasteiger partial charge < -0.3 is 33.8 Å². The maximum Gasteiger partial charge on any atom is 0.472 e. The third kappa shape index (κ3) is 78.0. The van der Waals surface area contributed by atoms with Gasteiger partial charge in [-0.2, -0.15) is 0 Å². The lowest BCUT2D eigenvalue weighted by Crippen LogP contribution is -2.30. The van der Waals surface area contributed by atoms with Gasteiger partial charge in [0.2, 0.25) is 0 Å². The molecule has 0 saturated heterocycles. The Bertz CT molecular complexity index is 1980. The fraction of sp³-hybridized carbons (Fsp3) is 0.952. The van der Waals surface area contributed by atoms with Crippen LogP contribution in [-0.2, 0) is 65.4 Å². The van der Waals surface area contributed by atoms with Crippen molar-refractivity contribution in [2.75, 3.05) is 39.6 Å². The molecule has 0 fully saturated rings. The molecule has 0 aromatic carbocycles. The van der Waals surface area contributed by atoms with E-state index in [0.717, 1.165) is 102 Å². The van der Waals surface area contributed by atoms with E-state index in [9.17, 15) is 43.2 Å². The van der Waals surface area contributed by atoms with Crippen LogP contribution in [0.2, 0.25) is 0 Å². The zero-order chi connectivity index (χ0) is 75.6. The first-order valence-electron chi connectivity index (χ1n) is 43.5. The Hall–Kier alpha value is -1.94. The minimum atomic E-state index is -4.96. The molecule has 103 heavy (non-hydrogen) atoms. The van der Waals surface area contributed by atoms with Gasteiger partial charge in [-0.15, -0.1) is 0 Å². The molecule has 0 saturated carbocycles. The largest absolute Gasteiger partial charge is 0.472 e. The van der Waals surface area contributed by atoms with Crippen LogP contribution in [0.1, 0.15) is 446 Å². The van der Waals surface area contributed by atoms with Crippen molar-refractivity contribution in [1.82, 2.24) is 0 Å². The molecule has 19 heteroatoms. The predicted molar refractivity (Wildman–Crippen MR) is 423 cm³/mol. The molecule has 0 aliphatic carbocycles. The Morgan fingerprint density at radius 3 is 0.660 bits per heavy atom. The van der Waals surface area contributed by atoms with Crippen LogP contribution < -0.4 is 0 Å². The van der Waals surface area contributed by atoms with Crippen LogP contribution in [0.3, 0.4) is 0 Å². The molecule has 0 bridgehead atoms. The van der Waals surface area contributed by atoms with E-state index in [1.807, 2.05) is 0 Å². The summed E-state index contributed by atoms with van der Waals surface area (Å²) in [5.74, 6) is -0.533. The molecule has 3 N–H and O–H groups in total. The van der Waals surface area contributed by atoms with E-state index >= 15 is 0 Å². The van der Waals surface area contributed by atoms with Crippen molar-refractivity contribution in [2.45, 2.75) is 464 Å². The highest BCUT2D eigenvalue weighted by molar-refractivity contribution is 7.47. The second-order valence-corrected chi connectivity index (χ2v) is 34.1. The molecule has 0 radical (unpaired) electrons. The third-order valence-electron chi connectivity index (χ3n) is 19.7. The standard InChI is InChI=1S/C84H164O17P2/c1-7-9-11-13-15-17-19-20-21-22-23-27-30-33-36-43-49-55-61-67-82(87)95-73-80(100-83(88)68-62-56-50-44-37-34-31-28-25-24-26-29-32-35-40-46-52-58-64-76(3)4)75-99-103(92,93)97-71-78(85)70-96-102(90,91)98-74-79(72-94-81(86)66-60-54-48-42-18-16-14-12-10-8-2)101-84(89)69-63-57-51-45-39-38-41-47-53-59-65-77(5)6/h76-80,85H,7-75H2,1-6H3,(H,90,91)(H,92,93)/t78-,79+,80+/m0/s1. The Kier molecular flexibility index (Phi) is 74.1. The second kappa shape index (κ2) is 75.5. The third-order valence-corrected chi connectivity index (χ3v) is 21.6. The number of unbranched alkanes of at least 4 members (excludes halogenated alkanes) is 53. The molecule has 0 aliphatic heterocycles. The van der Waals surface area contributed by atoms with Gasteiger partial charge in [0.25, 0.3) is 0 Å². The molecule has 0 amide bonds. The minimum Gasteiger partial charge on any atom is -0.462 e. The fourth-order valence-electron chi connectivity index (χ4n) is 13.1. The summed E-state index contributed by atoms with van der Waals surface area (Å²) >= 11 is 0. The van der Waals surface area contributed by atoms with Crippen LogP contribution in [0.5, 0.6) is 0 Å². The smallest absolute Gasteiger partial charge is 0.462 e. The summed E-state index contributed by atoms with van der Waals surface area (Å²) in [6.45, 7) is 9.67. The monoisotopic (exact) mass is 1510 g/mol. The van der Waals surface area contributed by atoms with Gasteiger partial charge in [0, 0.05) is 25.7 Å². The van der Waals surface area contributed by atoms with Crippen molar-refractivity contribution < 1.29 is 80.2 Å². The zero-order valence-corrected chi connectivity index (χ0v) is 69.4. The summed E-state index contributed by atoms with van der Waals surface area (Å²) in [5.41, 5.74) is 0. The maximum atomic E-state index is 13.1. The summed E-state index contributed by atoms with van der Waals surface area (Å²) in [4.78, 5) is 73.1. The van der Waals surface area contributed by atoms with E-state index in [1.54, 1.807) is 0 Å². The van der Waals surface area contributed by atoms with Crippen LogP contribution >= 0.6 is 15.6 Å². The molecule has 612 valence electrons. The van der Waals surface area contributed by atoms with Gasteiger partial charge in [-0.25, -0.2) is 9.13 Å². The number of phosphoric ester groups is 2. The van der Waals surface area contributed by atoms with Gasteiger partial charge in [-0.05, 0) is 37.5 Å².